The Kier molecular flexibility index (Phi) is 3.92. The summed E-state index contributed by atoms with van der Waals surface area (Å²) in [5, 5.41) is 9.13. The molecule has 0 unspecified atom stereocenters. The van der Waals surface area contributed by atoms with Gasteiger partial charge in [-0.25, -0.2) is 9.78 Å². The Hall–Kier alpha value is -2.10. The van der Waals surface area contributed by atoms with E-state index in [-0.39, 0.29) is 5.69 Å². The van der Waals surface area contributed by atoms with E-state index in [0.29, 0.717) is 11.2 Å². The molecule has 0 spiro atoms. The minimum absolute atomic E-state index is 0.142. The number of aromatic carboxylic acids is 1. The van der Waals surface area contributed by atoms with Crippen LogP contribution in [0.5, 0.6) is 0 Å². The van der Waals surface area contributed by atoms with Gasteiger partial charge in [-0.1, -0.05) is 12.1 Å². The lowest BCUT2D eigenvalue weighted by Crippen LogP contribution is -2.46. The molecule has 6 rings (SSSR count). The van der Waals surface area contributed by atoms with Crippen LogP contribution in [0.3, 0.4) is 0 Å². The molecule has 2 N–H and O–H groups in total. The lowest BCUT2D eigenvalue weighted by Gasteiger charge is -2.57. The fourth-order valence-corrected chi connectivity index (χ4v) is 6.65. The number of benzene rings is 1. The highest BCUT2D eigenvalue weighted by atomic mass is 16.4. The Balaban J connectivity index is 1.35. The van der Waals surface area contributed by atoms with Gasteiger partial charge < -0.3 is 10.1 Å². The summed E-state index contributed by atoms with van der Waals surface area (Å²) in [6, 6.07) is 6.59. The summed E-state index contributed by atoms with van der Waals surface area (Å²) < 4.78 is 0. The highest BCUT2D eigenvalue weighted by Crippen LogP contribution is 2.61. The molecule has 4 fully saturated rings. The molecule has 0 radical (unpaired) electrons. The van der Waals surface area contributed by atoms with Gasteiger partial charge >= 0.3 is 5.97 Å². The van der Waals surface area contributed by atoms with Crippen molar-refractivity contribution >= 4 is 5.97 Å². The van der Waals surface area contributed by atoms with E-state index < -0.39 is 5.97 Å². The fraction of sp³-hybridized carbons (Fsp3) is 0.565. The molecule has 4 heteroatoms. The third-order valence-electron chi connectivity index (χ3n) is 7.47. The third-order valence-corrected chi connectivity index (χ3v) is 7.47. The van der Waals surface area contributed by atoms with Crippen LogP contribution in [0.1, 0.15) is 66.6 Å². The van der Waals surface area contributed by atoms with Crippen molar-refractivity contribution in [2.75, 3.05) is 0 Å². The number of aryl methyl sites for hydroxylation is 2. The largest absolute Gasteiger partial charge is 0.477 e. The maximum absolute atomic E-state index is 11.1. The van der Waals surface area contributed by atoms with Gasteiger partial charge in [-0.3, -0.25) is 0 Å². The highest BCUT2D eigenvalue weighted by molar-refractivity contribution is 5.86. The van der Waals surface area contributed by atoms with E-state index in [9.17, 15) is 4.79 Å². The molecule has 0 atom stereocenters. The van der Waals surface area contributed by atoms with E-state index in [1.165, 1.54) is 56.7 Å². The van der Waals surface area contributed by atoms with E-state index in [1.807, 2.05) is 0 Å². The second kappa shape index (κ2) is 6.22. The van der Waals surface area contributed by atoms with E-state index in [4.69, 9.17) is 5.11 Å². The average Bonchev–Trinajstić information content (AvgIpc) is 3.10. The van der Waals surface area contributed by atoms with Crippen molar-refractivity contribution in [2.24, 2.45) is 23.2 Å². The van der Waals surface area contributed by atoms with Crippen molar-refractivity contribution < 1.29 is 9.90 Å². The Morgan fingerprint density at radius 3 is 2.44 bits per heavy atom. The summed E-state index contributed by atoms with van der Waals surface area (Å²) in [6.45, 7) is 2.06. The molecule has 4 nitrogen and oxygen atoms in total. The zero-order chi connectivity index (χ0) is 18.6. The first-order chi connectivity index (χ1) is 13.0. The van der Waals surface area contributed by atoms with Crippen molar-refractivity contribution in [3.8, 4) is 11.4 Å². The number of carboxylic acids is 1. The summed E-state index contributed by atoms with van der Waals surface area (Å²) in [6.07, 6.45) is 12.7. The molecule has 1 heterocycles. The maximum Gasteiger partial charge on any atom is 0.353 e. The van der Waals surface area contributed by atoms with Crippen LogP contribution in [0.15, 0.2) is 24.4 Å². The van der Waals surface area contributed by atoms with Gasteiger partial charge in [-0.2, -0.15) is 0 Å². The SMILES string of the molecule is Cc1ccc(CCC23CC4CC(CC(C4)C2)C3)cc1-c1ncc(C(=O)O)[nH]1. The van der Waals surface area contributed by atoms with Crippen molar-refractivity contribution in [3.63, 3.8) is 0 Å². The van der Waals surface area contributed by atoms with E-state index >= 15 is 0 Å². The van der Waals surface area contributed by atoms with Crippen LogP contribution in [0.2, 0.25) is 0 Å². The molecule has 27 heavy (non-hydrogen) atoms. The smallest absolute Gasteiger partial charge is 0.353 e. The molecule has 0 amide bonds. The Bertz CT molecular complexity index is 847. The van der Waals surface area contributed by atoms with Gasteiger partial charge in [0.25, 0.3) is 0 Å². The number of imidazole rings is 1. The third kappa shape index (κ3) is 3.09. The van der Waals surface area contributed by atoms with Crippen molar-refractivity contribution in [1.82, 2.24) is 9.97 Å². The van der Waals surface area contributed by atoms with Crippen LogP contribution in [0.25, 0.3) is 11.4 Å². The Morgan fingerprint density at radius 1 is 1.19 bits per heavy atom. The number of aromatic amines is 1. The van der Waals surface area contributed by atoms with Crippen LogP contribution in [-0.2, 0) is 6.42 Å². The van der Waals surface area contributed by atoms with Gasteiger partial charge in [0.1, 0.15) is 11.5 Å². The molecule has 4 aliphatic carbocycles. The number of aromatic nitrogens is 2. The topological polar surface area (TPSA) is 66.0 Å². The average molecular weight is 364 g/mol. The maximum atomic E-state index is 11.1. The lowest BCUT2D eigenvalue weighted by molar-refractivity contribution is -0.0569. The minimum Gasteiger partial charge on any atom is -0.477 e. The summed E-state index contributed by atoms with van der Waals surface area (Å²) >= 11 is 0. The molecule has 4 saturated carbocycles. The molecule has 1 aromatic carbocycles. The number of carbonyl (C=O) groups is 1. The summed E-state index contributed by atoms with van der Waals surface area (Å²) in [5.41, 5.74) is 4.23. The van der Waals surface area contributed by atoms with Gasteiger partial charge in [-0.15, -0.1) is 0 Å². The van der Waals surface area contributed by atoms with Crippen molar-refractivity contribution in [2.45, 2.75) is 58.3 Å². The van der Waals surface area contributed by atoms with Gasteiger partial charge in [0.2, 0.25) is 0 Å². The summed E-state index contributed by atoms with van der Waals surface area (Å²) in [4.78, 5) is 18.4. The lowest BCUT2D eigenvalue weighted by atomic mass is 9.48. The highest BCUT2D eigenvalue weighted by Gasteiger charge is 2.50. The van der Waals surface area contributed by atoms with Crippen LogP contribution in [0.4, 0.5) is 0 Å². The molecular formula is C23H28N2O2. The van der Waals surface area contributed by atoms with Crippen LogP contribution >= 0.6 is 0 Å². The normalized spacial score (nSPS) is 31.4. The number of nitrogens with one attached hydrogen (secondary N) is 1. The molecular weight excluding hydrogens is 336 g/mol. The quantitative estimate of drug-likeness (QED) is 0.763. The fourth-order valence-electron chi connectivity index (χ4n) is 6.65. The van der Waals surface area contributed by atoms with Gasteiger partial charge in [0.15, 0.2) is 0 Å². The Labute approximate surface area is 160 Å². The zero-order valence-corrected chi connectivity index (χ0v) is 16.0. The standard InChI is InChI=1S/C23H28N2O2/c1-14-2-3-15(9-19(14)21-24-13-20(25-21)22(26)27)4-5-23-10-16-6-17(11-23)8-18(7-16)12-23/h2-3,9,13,16-18H,4-8,10-12H2,1H3,(H,24,25)(H,26,27). The van der Waals surface area contributed by atoms with Crippen molar-refractivity contribution in [3.05, 3.63) is 41.2 Å². The molecule has 1 aromatic heterocycles. The van der Waals surface area contributed by atoms with Crippen LogP contribution in [0, 0.1) is 30.1 Å². The number of H-pyrrole nitrogens is 1. The first-order valence-corrected chi connectivity index (χ1v) is 10.4. The predicted molar refractivity (Wildman–Crippen MR) is 105 cm³/mol. The minimum atomic E-state index is -0.968. The van der Waals surface area contributed by atoms with Crippen molar-refractivity contribution in [1.29, 1.82) is 0 Å². The number of hydrogen-bond acceptors (Lipinski definition) is 2. The number of carboxylic acid groups (broad SMARTS) is 1. The Morgan fingerprint density at radius 2 is 1.85 bits per heavy atom. The zero-order valence-electron chi connectivity index (χ0n) is 16.0. The van der Waals surface area contributed by atoms with E-state index in [0.717, 1.165) is 35.3 Å². The molecule has 142 valence electrons. The van der Waals surface area contributed by atoms with Crippen LogP contribution in [-0.4, -0.2) is 21.0 Å². The molecule has 0 saturated heterocycles. The summed E-state index contributed by atoms with van der Waals surface area (Å²) in [7, 11) is 0. The summed E-state index contributed by atoms with van der Waals surface area (Å²) in [5.74, 6) is 2.69. The second-order valence-corrected chi connectivity index (χ2v) is 9.52. The molecule has 2 aromatic rings. The van der Waals surface area contributed by atoms with E-state index in [2.05, 4.69) is 35.1 Å². The number of hydrogen-bond donors (Lipinski definition) is 2. The molecule has 0 aliphatic heterocycles. The van der Waals surface area contributed by atoms with Crippen LogP contribution < -0.4 is 0 Å². The van der Waals surface area contributed by atoms with Gasteiger partial charge in [0.05, 0.1) is 6.20 Å². The van der Waals surface area contributed by atoms with Gasteiger partial charge in [-0.05, 0) is 98.7 Å². The predicted octanol–water partition coefficient (Wildman–Crippen LogP) is 5.23. The molecule has 4 bridgehead atoms. The monoisotopic (exact) mass is 364 g/mol. The van der Waals surface area contributed by atoms with Gasteiger partial charge in [0, 0.05) is 5.56 Å². The number of nitrogens with zero attached hydrogens (tertiary/aromatic N) is 1. The first-order valence-electron chi connectivity index (χ1n) is 10.4. The van der Waals surface area contributed by atoms with E-state index in [1.54, 1.807) is 0 Å². The first kappa shape index (κ1) is 17.0. The number of rotatable bonds is 5. The second-order valence-electron chi connectivity index (χ2n) is 9.52. The molecule has 4 aliphatic rings.